The van der Waals surface area contributed by atoms with E-state index in [9.17, 15) is 9.59 Å². The monoisotopic (exact) mass is 320 g/mol. The fourth-order valence-corrected chi connectivity index (χ4v) is 2.60. The molecule has 0 spiro atoms. The molecule has 3 rings (SSSR count). The molecular formula is C13H9ClN4O2S. The average molecular weight is 321 g/mol. The van der Waals surface area contributed by atoms with Crippen LogP contribution in [-0.2, 0) is 11.3 Å². The molecule has 2 aromatic heterocycles. The lowest BCUT2D eigenvalue weighted by atomic mass is 10.2. The summed E-state index contributed by atoms with van der Waals surface area (Å²) in [6.45, 7) is 0.0675. The minimum absolute atomic E-state index is 0.0675. The third kappa shape index (κ3) is 2.93. The van der Waals surface area contributed by atoms with Crippen LogP contribution in [-0.4, -0.2) is 20.7 Å². The van der Waals surface area contributed by atoms with Crippen LogP contribution in [0, 0.1) is 0 Å². The third-order valence-electron chi connectivity index (χ3n) is 2.86. The molecule has 0 aliphatic carbocycles. The maximum absolute atomic E-state index is 12.0. The van der Waals surface area contributed by atoms with E-state index in [1.807, 2.05) is 0 Å². The number of benzene rings is 1. The number of pyridine rings is 1. The molecule has 0 aliphatic rings. The van der Waals surface area contributed by atoms with Crippen molar-refractivity contribution in [2.75, 3.05) is 5.32 Å². The first-order valence-electron chi connectivity index (χ1n) is 5.98. The Kier molecular flexibility index (Phi) is 3.68. The molecule has 3 aromatic rings. The van der Waals surface area contributed by atoms with Crippen molar-refractivity contribution < 1.29 is 4.79 Å². The lowest BCUT2D eigenvalue weighted by Crippen LogP contribution is -2.20. The van der Waals surface area contributed by atoms with Crippen LogP contribution in [0.3, 0.4) is 0 Å². The molecule has 0 fully saturated rings. The van der Waals surface area contributed by atoms with Crippen LogP contribution in [0.1, 0.15) is 0 Å². The summed E-state index contributed by atoms with van der Waals surface area (Å²) < 4.78 is 1.68. The Balaban J connectivity index is 1.92. The number of hydrogen-bond acceptors (Lipinski definition) is 5. The molecule has 8 heteroatoms. The zero-order chi connectivity index (χ0) is 14.8. The van der Waals surface area contributed by atoms with Gasteiger partial charge in [0.2, 0.25) is 11.0 Å². The van der Waals surface area contributed by atoms with Gasteiger partial charge in [0.1, 0.15) is 12.1 Å². The maximum atomic E-state index is 12.0. The minimum Gasteiger partial charge on any atom is -0.338 e. The summed E-state index contributed by atoms with van der Waals surface area (Å²) in [6, 6.07) is 6.41. The van der Waals surface area contributed by atoms with E-state index in [4.69, 9.17) is 11.6 Å². The van der Waals surface area contributed by atoms with Gasteiger partial charge in [0.05, 0.1) is 5.52 Å². The van der Waals surface area contributed by atoms with Crippen molar-refractivity contribution in [2.24, 2.45) is 0 Å². The lowest BCUT2D eigenvalue weighted by Gasteiger charge is -2.10. The number of carbonyl (C=O) groups is 1. The first kappa shape index (κ1) is 13.7. The second kappa shape index (κ2) is 5.63. The van der Waals surface area contributed by atoms with Gasteiger partial charge < -0.3 is 4.57 Å². The highest BCUT2D eigenvalue weighted by Crippen LogP contribution is 2.16. The normalized spacial score (nSPS) is 10.7. The van der Waals surface area contributed by atoms with Crippen LogP contribution < -0.4 is 10.7 Å². The number of hydrogen-bond donors (Lipinski definition) is 1. The maximum Gasteiger partial charge on any atom is 0.246 e. The van der Waals surface area contributed by atoms with Gasteiger partial charge in [-0.1, -0.05) is 22.9 Å². The number of nitrogens with zero attached hydrogens (tertiary/aromatic N) is 3. The summed E-state index contributed by atoms with van der Waals surface area (Å²) in [5.41, 5.74) is 2.06. The number of amides is 1. The zero-order valence-corrected chi connectivity index (χ0v) is 12.2. The van der Waals surface area contributed by atoms with E-state index in [0.717, 1.165) is 0 Å². The Bertz CT molecular complexity index is 860. The second-order valence-corrected chi connectivity index (χ2v) is 5.53. The van der Waals surface area contributed by atoms with Gasteiger partial charge in [0.15, 0.2) is 5.43 Å². The number of nitrogens with one attached hydrogen (secondary N) is 1. The van der Waals surface area contributed by atoms with Crippen molar-refractivity contribution in [1.29, 1.82) is 0 Å². The molecule has 0 unspecified atom stereocenters. The standard InChI is InChI=1S/C13H9ClN4O2S/c14-8-1-2-10-9(5-8)11(19)3-4-18(10)6-12(20)16-13-17-15-7-21-13/h1-5,7H,6H2,(H,16,17,20). The Morgan fingerprint density at radius 3 is 3.00 bits per heavy atom. The van der Waals surface area contributed by atoms with Crippen molar-refractivity contribution in [3.8, 4) is 0 Å². The number of fused-ring (bicyclic) bond motifs is 1. The summed E-state index contributed by atoms with van der Waals surface area (Å²) in [5, 5.41) is 11.4. The Labute approximate surface area is 128 Å². The SMILES string of the molecule is O=C(Cn1ccc(=O)c2cc(Cl)ccc21)Nc1nncs1. The molecule has 1 aromatic carbocycles. The first-order chi connectivity index (χ1) is 10.1. The van der Waals surface area contributed by atoms with Crippen molar-refractivity contribution in [3.05, 3.63) is 51.2 Å². The number of aromatic nitrogens is 3. The van der Waals surface area contributed by atoms with Crippen molar-refractivity contribution in [1.82, 2.24) is 14.8 Å². The molecule has 1 amide bonds. The fraction of sp³-hybridized carbons (Fsp3) is 0.0769. The van der Waals surface area contributed by atoms with E-state index < -0.39 is 0 Å². The van der Waals surface area contributed by atoms with E-state index in [-0.39, 0.29) is 17.9 Å². The van der Waals surface area contributed by atoms with Gasteiger partial charge >= 0.3 is 0 Å². The number of halogens is 1. The Morgan fingerprint density at radius 1 is 1.38 bits per heavy atom. The number of rotatable bonds is 3. The molecule has 6 nitrogen and oxygen atoms in total. The van der Waals surface area contributed by atoms with E-state index in [1.165, 1.54) is 22.9 Å². The summed E-state index contributed by atoms with van der Waals surface area (Å²) in [6.07, 6.45) is 1.58. The smallest absolute Gasteiger partial charge is 0.246 e. The second-order valence-electron chi connectivity index (χ2n) is 4.26. The first-order valence-corrected chi connectivity index (χ1v) is 7.24. The van der Waals surface area contributed by atoms with Gasteiger partial charge in [-0.15, -0.1) is 10.2 Å². The van der Waals surface area contributed by atoms with Crippen molar-refractivity contribution in [2.45, 2.75) is 6.54 Å². The molecule has 106 valence electrons. The van der Waals surface area contributed by atoms with Crippen LogP contribution in [0.25, 0.3) is 10.9 Å². The van der Waals surface area contributed by atoms with Crippen LogP contribution >= 0.6 is 22.9 Å². The third-order valence-corrected chi connectivity index (χ3v) is 3.70. The van der Waals surface area contributed by atoms with E-state index in [0.29, 0.717) is 21.1 Å². The van der Waals surface area contributed by atoms with E-state index in [2.05, 4.69) is 15.5 Å². The topological polar surface area (TPSA) is 76.9 Å². The summed E-state index contributed by atoms with van der Waals surface area (Å²) in [5.74, 6) is -0.244. The van der Waals surface area contributed by atoms with Gasteiger partial charge in [0, 0.05) is 22.7 Å². The van der Waals surface area contributed by atoms with Gasteiger partial charge in [-0.25, -0.2) is 0 Å². The molecule has 0 bridgehead atoms. The van der Waals surface area contributed by atoms with E-state index >= 15 is 0 Å². The highest BCUT2D eigenvalue weighted by atomic mass is 35.5. The highest BCUT2D eigenvalue weighted by Gasteiger charge is 2.09. The largest absolute Gasteiger partial charge is 0.338 e. The number of carbonyl (C=O) groups excluding carboxylic acids is 1. The van der Waals surface area contributed by atoms with Gasteiger partial charge in [-0.05, 0) is 18.2 Å². The molecule has 0 saturated carbocycles. The molecule has 1 N–H and O–H groups in total. The van der Waals surface area contributed by atoms with Gasteiger partial charge in [-0.2, -0.15) is 0 Å². The molecule has 0 aliphatic heterocycles. The van der Waals surface area contributed by atoms with E-state index in [1.54, 1.807) is 29.0 Å². The average Bonchev–Trinajstić information content (AvgIpc) is 2.95. The quantitative estimate of drug-likeness (QED) is 0.802. The molecule has 0 saturated heterocycles. The molecule has 0 atom stereocenters. The van der Waals surface area contributed by atoms with Crippen LogP contribution in [0.4, 0.5) is 5.13 Å². The van der Waals surface area contributed by atoms with Crippen molar-refractivity contribution >= 4 is 44.9 Å². The predicted molar refractivity (Wildman–Crippen MR) is 81.8 cm³/mol. The summed E-state index contributed by atoms with van der Waals surface area (Å²) >= 11 is 7.14. The Hall–Kier alpha value is -2.25. The zero-order valence-electron chi connectivity index (χ0n) is 10.6. The summed E-state index contributed by atoms with van der Waals surface area (Å²) in [4.78, 5) is 23.8. The highest BCUT2D eigenvalue weighted by molar-refractivity contribution is 7.13. The van der Waals surface area contributed by atoms with Gasteiger partial charge in [0.25, 0.3) is 0 Å². The van der Waals surface area contributed by atoms with Crippen LogP contribution in [0.15, 0.2) is 40.8 Å². The lowest BCUT2D eigenvalue weighted by molar-refractivity contribution is -0.116. The molecule has 0 radical (unpaired) electrons. The molecular weight excluding hydrogens is 312 g/mol. The number of anilines is 1. The van der Waals surface area contributed by atoms with Gasteiger partial charge in [-0.3, -0.25) is 14.9 Å². The van der Waals surface area contributed by atoms with Crippen molar-refractivity contribution in [3.63, 3.8) is 0 Å². The van der Waals surface area contributed by atoms with Crippen LogP contribution in [0.5, 0.6) is 0 Å². The van der Waals surface area contributed by atoms with Crippen LogP contribution in [0.2, 0.25) is 5.02 Å². The molecule has 21 heavy (non-hydrogen) atoms. The predicted octanol–water partition coefficient (Wildman–Crippen LogP) is 2.15. The fourth-order valence-electron chi connectivity index (χ4n) is 1.96. The summed E-state index contributed by atoms with van der Waals surface area (Å²) in [7, 11) is 0. The minimum atomic E-state index is -0.244. The molecule has 2 heterocycles. The Morgan fingerprint density at radius 2 is 2.24 bits per heavy atom.